The van der Waals surface area contributed by atoms with Crippen molar-refractivity contribution < 1.29 is 39.4 Å². The van der Waals surface area contributed by atoms with E-state index in [2.05, 4.69) is 78.6 Å². The molecule has 0 atom stereocenters. The van der Waals surface area contributed by atoms with Crippen LogP contribution in [-0.4, -0.2) is 88.6 Å². The second-order valence-electron chi connectivity index (χ2n) is 24.2. The minimum absolute atomic E-state index is 0. The molecule has 0 radical (unpaired) electrons. The Morgan fingerprint density at radius 1 is 0.356 bits per heavy atom. The fourth-order valence-electron chi connectivity index (χ4n) is 9.34. The van der Waals surface area contributed by atoms with Gasteiger partial charge in [0, 0.05) is 76.8 Å². The van der Waals surface area contributed by atoms with Gasteiger partial charge in [-0.3, -0.25) is 0 Å². The zero-order chi connectivity index (χ0) is 51.0. The van der Waals surface area contributed by atoms with Crippen molar-refractivity contribution in [2.24, 2.45) is 0 Å². The molecule has 12 nitrogen and oxygen atoms in total. The molecule has 0 aliphatic carbocycles. The maximum atomic E-state index is 6.68. The molecule has 7 aromatic rings. The molecule has 8 bridgehead atoms. The molecule has 0 saturated heterocycles. The third-order valence-corrected chi connectivity index (χ3v) is 20.4. The van der Waals surface area contributed by atoms with Crippen LogP contribution in [0.25, 0.3) is 89.7 Å². The van der Waals surface area contributed by atoms with Crippen LogP contribution < -0.4 is 28.9 Å². The second kappa shape index (κ2) is 22.0. The van der Waals surface area contributed by atoms with Crippen molar-refractivity contribution in [3.05, 3.63) is 72.8 Å². The molecule has 73 heavy (non-hydrogen) atoms. The van der Waals surface area contributed by atoms with Gasteiger partial charge in [0.1, 0.15) is 23.0 Å². The summed E-state index contributed by atoms with van der Waals surface area (Å²) in [5, 5.41) is 3.10. The van der Waals surface area contributed by atoms with Crippen LogP contribution in [0.4, 0.5) is 0 Å². The van der Waals surface area contributed by atoms with Crippen LogP contribution in [0.2, 0.25) is 103 Å². The summed E-state index contributed by atoms with van der Waals surface area (Å²) in [5.74, 6) is 4.59. The van der Waals surface area contributed by atoms with Crippen LogP contribution in [0.3, 0.4) is 0 Å². The van der Waals surface area contributed by atoms with Gasteiger partial charge in [0.15, 0.2) is 0 Å². The van der Waals surface area contributed by atoms with Crippen LogP contribution in [-0.2, 0) is 20.4 Å². The molecule has 2 aliphatic heterocycles. The monoisotopic (exact) mass is 1140 g/mol. The predicted molar refractivity (Wildman–Crippen MR) is 307 cm³/mol. The normalized spacial score (nSPS) is 12.7. The van der Waals surface area contributed by atoms with Crippen molar-refractivity contribution in [1.29, 1.82) is 0 Å². The Hall–Kier alpha value is -5.03. The van der Waals surface area contributed by atoms with Gasteiger partial charge in [0.05, 0.1) is 60.9 Å². The Kier molecular flexibility index (Phi) is 16.4. The Morgan fingerprint density at radius 2 is 0.658 bits per heavy atom. The van der Waals surface area contributed by atoms with Gasteiger partial charge in [-0.2, -0.15) is 0 Å². The molecule has 0 unspecified atom stereocenters. The fourth-order valence-corrected chi connectivity index (χ4v) is 14.2. The molecule has 0 spiro atoms. The molecule has 17 heteroatoms. The van der Waals surface area contributed by atoms with Gasteiger partial charge in [-0.15, -0.1) is 0 Å². The third-order valence-electron chi connectivity index (χ3n) is 13.0. The number of nitrogens with zero attached hydrogens (tertiary/aromatic N) is 8. The molecule has 9 rings (SSSR count). The molecule has 0 amide bonds. The van der Waals surface area contributed by atoms with Gasteiger partial charge in [-0.05, 0) is 60.7 Å². The predicted octanol–water partition coefficient (Wildman–Crippen LogP) is 14.6. The number of rotatable bonds is 20. The van der Waals surface area contributed by atoms with Crippen molar-refractivity contribution in [2.45, 2.75) is 128 Å². The summed E-state index contributed by atoms with van der Waals surface area (Å²) >= 11 is 0. The van der Waals surface area contributed by atoms with E-state index in [0.717, 1.165) is 93.7 Å². The quantitative estimate of drug-likeness (QED) is 0.0529. The molecule has 0 saturated carbocycles. The smallest absolute Gasteiger partial charge is 0.493 e. The van der Waals surface area contributed by atoms with Crippen molar-refractivity contribution in [1.82, 2.24) is 39.9 Å². The van der Waals surface area contributed by atoms with Crippen LogP contribution >= 0.6 is 0 Å². The summed E-state index contributed by atoms with van der Waals surface area (Å²) < 4.78 is 26.7. The summed E-state index contributed by atoms with van der Waals surface area (Å²) in [6.07, 6.45) is 3.83. The van der Waals surface area contributed by atoms with E-state index in [1.54, 1.807) is 0 Å². The molecule has 5 heterocycles. The first-order chi connectivity index (χ1) is 34.2. The van der Waals surface area contributed by atoms with Gasteiger partial charge in [-0.25, -0.2) is 9.97 Å². The number of fused-ring (bicyclic) bond motifs is 20. The van der Waals surface area contributed by atoms with Crippen molar-refractivity contribution in [2.75, 3.05) is 26.4 Å². The molecule has 0 N–H and O–H groups in total. The maximum absolute atomic E-state index is 6.68. The van der Waals surface area contributed by atoms with Crippen LogP contribution in [0.5, 0.6) is 23.0 Å². The summed E-state index contributed by atoms with van der Waals surface area (Å²) in [7, 11) is -5.13. The SMILES string of the molecule is C[Si](C)(C)CCCOc1cccc2c1-c1nc-2nc2[n-]c(nc3nc(nc4[n-]c(n1)c1cccc(OCCC[Si](C)(C)C)c41)-c1c(OCCC[Si](C)(C)C)cccc1-3)c1c(OCCC[Si](C)(C)C)cccc21.[Pd+2]. The topological polar surface area (TPSA) is 142 Å². The maximum Gasteiger partial charge on any atom is 2.00 e. The van der Waals surface area contributed by atoms with Gasteiger partial charge in [0.25, 0.3) is 0 Å². The van der Waals surface area contributed by atoms with Crippen molar-refractivity contribution in [3.63, 3.8) is 0 Å². The van der Waals surface area contributed by atoms with E-state index < -0.39 is 32.3 Å². The molecule has 2 aliphatic rings. The van der Waals surface area contributed by atoms with E-state index in [0.29, 0.717) is 95.3 Å². The summed E-state index contributed by atoms with van der Waals surface area (Å²) in [4.78, 5) is 42.4. The Balaban J connectivity index is 0.00000711. The molecule has 3 aromatic heterocycles. The zero-order valence-corrected chi connectivity index (χ0v) is 50.5. The average molecular weight is 1140 g/mol. The number of aromatic nitrogens is 8. The largest absolute Gasteiger partial charge is 2.00 e. The third kappa shape index (κ3) is 13.1. The van der Waals surface area contributed by atoms with E-state index in [4.69, 9.17) is 58.8 Å². The van der Waals surface area contributed by atoms with Crippen LogP contribution in [0.15, 0.2) is 72.8 Å². The Morgan fingerprint density at radius 3 is 1.03 bits per heavy atom. The van der Waals surface area contributed by atoms with E-state index in [1.165, 1.54) is 0 Å². The average Bonchev–Trinajstić information content (AvgIpc) is 4.05. The first-order valence-electron chi connectivity index (χ1n) is 25.9. The molecule has 0 fully saturated rings. The van der Waals surface area contributed by atoms with Crippen LogP contribution in [0.1, 0.15) is 25.7 Å². The minimum Gasteiger partial charge on any atom is -0.493 e. The molecular weight excluding hydrogens is 1070 g/mol. The van der Waals surface area contributed by atoms with Crippen molar-refractivity contribution >= 4 is 76.4 Å². The molecule has 386 valence electrons. The van der Waals surface area contributed by atoms with E-state index >= 15 is 0 Å². The van der Waals surface area contributed by atoms with E-state index in [1.807, 2.05) is 72.8 Å². The Labute approximate surface area is 449 Å². The van der Waals surface area contributed by atoms with Gasteiger partial charge >= 0.3 is 20.4 Å². The van der Waals surface area contributed by atoms with E-state index in [9.17, 15) is 0 Å². The van der Waals surface area contributed by atoms with Gasteiger partial charge in [-0.1, -0.05) is 151 Å². The van der Waals surface area contributed by atoms with Crippen molar-refractivity contribution in [3.8, 4) is 68.5 Å². The first-order valence-corrected chi connectivity index (χ1v) is 40.8. The number of hydrogen-bond acceptors (Lipinski definition) is 10. The Bertz CT molecular complexity index is 3300. The zero-order valence-electron chi connectivity index (χ0n) is 44.9. The number of ether oxygens (including phenoxy) is 4. The van der Waals surface area contributed by atoms with Crippen LogP contribution in [0, 0.1) is 0 Å². The first kappa shape index (κ1) is 54.2. The summed E-state index contributed by atoms with van der Waals surface area (Å²) in [5.41, 5.74) is 4.92. The standard InChI is InChI=1S/C56H72N8O4Si4.Pd/c1-69(2,3)33-17-29-65-41-25-13-21-37-45(41)53-58-49(37)57-50-38-22-14-26-42(66-30-18-34-70(4,5)6)46(38)54(59-50)61-52-40-24-16-28-44(68-32-20-36-72(10,11)12)48(40)56(63-52)64-55-47-39(51(60-53)62-55)23-15-27-43(47)67-31-19-35-71(7,8)9;/h13-16,21-28H,17-20,29-36H2,1-12H3;/q-2;+2. The van der Waals surface area contributed by atoms with Gasteiger partial charge in [0.2, 0.25) is 0 Å². The minimum atomic E-state index is -1.29. The summed E-state index contributed by atoms with van der Waals surface area (Å²) in [6.45, 7) is 31.0. The molecular formula is C56H72N8O4PdSi4. The fraction of sp³-hybridized carbons (Fsp3) is 0.429. The molecule has 4 aromatic carbocycles. The van der Waals surface area contributed by atoms with Gasteiger partial charge < -0.3 is 48.9 Å². The van der Waals surface area contributed by atoms with E-state index in [-0.39, 0.29) is 20.4 Å². The number of benzene rings is 4. The number of hydrogen-bond donors (Lipinski definition) is 0. The second-order valence-corrected chi connectivity index (χ2v) is 46.7. The summed E-state index contributed by atoms with van der Waals surface area (Å²) in [6, 6.07) is 28.8.